The number of benzene rings is 1. The van der Waals surface area contributed by atoms with Crippen LogP contribution in [0.15, 0.2) is 30.5 Å². The zero-order chi connectivity index (χ0) is 22.9. The van der Waals surface area contributed by atoms with Crippen LogP contribution in [0.2, 0.25) is 0 Å². The molecule has 4 aliphatic rings. The van der Waals surface area contributed by atoms with Crippen molar-refractivity contribution in [3.8, 4) is 5.75 Å². The van der Waals surface area contributed by atoms with Crippen molar-refractivity contribution in [3.63, 3.8) is 0 Å². The van der Waals surface area contributed by atoms with Crippen molar-refractivity contribution in [2.75, 3.05) is 19.7 Å². The number of ether oxygens (including phenoxy) is 2. The molecule has 7 heteroatoms. The lowest BCUT2D eigenvalue weighted by molar-refractivity contribution is -0.126. The number of allylic oxidation sites excluding steroid dienone is 1. The van der Waals surface area contributed by atoms with Crippen LogP contribution in [-0.2, 0) is 16.1 Å². The molecule has 1 aromatic rings. The fourth-order valence-electron chi connectivity index (χ4n) is 5.95. The molecule has 3 fully saturated rings. The van der Waals surface area contributed by atoms with Crippen molar-refractivity contribution >= 4 is 11.8 Å². The second kappa shape index (κ2) is 9.47. The smallest absolute Gasteiger partial charge is 0.255 e. The maximum absolute atomic E-state index is 13.0. The first-order chi connectivity index (χ1) is 16.0. The maximum atomic E-state index is 13.0. The molecule has 3 heterocycles. The van der Waals surface area contributed by atoms with Gasteiger partial charge in [0.2, 0.25) is 5.91 Å². The number of likely N-dealkylation sites (tertiary alicyclic amines) is 1. The minimum Gasteiger partial charge on any atom is -0.489 e. The van der Waals surface area contributed by atoms with Crippen LogP contribution in [0.5, 0.6) is 5.75 Å². The molecule has 1 aliphatic carbocycles. The Morgan fingerprint density at radius 3 is 2.70 bits per heavy atom. The molecule has 3 atom stereocenters. The standard InChI is InChI=1S/C26H35N3O4/c1-3-32-19-11-13-28(14-12-19)22-5-4-6-24(22)33-20-8-9-21-18(15-20)16-29(26(21)31)23-10-7-17(2)27-25(23)30/h8-9,15,19,22-24H,2-7,10-14,16H2,1H3,(H,27,30)/t22-,23?,24-/m0/s1. The van der Waals surface area contributed by atoms with Crippen LogP contribution >= 0.6 is 0 Å². The van der Waals surface area contributed by atoms with Gasteiger partial charge in [-0.25, -0.2) is 0 Å². The van der Waals surface area contributed by atoms with Gasteiger partial charge in [-0.1, -0.05) is 6.58 Å². The molecule has 178 valence electrons. The maximum Gasteiger partial charge on any atom is 0.255 e. The third-order valence-corrected chi connectivity index (χ3v) is 7.66. The highest BCUT2D eigenvalue weighted by Gasteiger charge is 2.39. The lowest BCUT2D eigenvalue weighted by atomic mass is 10.0. The summed E-state index contributed by atoms with van der Waals surface area (Å²) in [6.07, 6.45) is 7.50. The molecule has 1 saturated carbocycles. The number of nitrogens with zero attached hydrogens (tertiary/aromatic N) is 2. The van der Waals surface area contributed by atoms with Crippen molar-refractivity contribution in [3.05, 3.63) is 41.6 Å². The van der Waals surface area contributed by atoms with Gasteiger partial charge >= 0.3 is 0 Å². The summed E-state index contributed by atoms with van der Waals surface area (Å²) in [5.74, 6) is 0.622. The molecule has 3 aliphatic heterocycles. The topological polar surface area (TPSA) is 71.1 Å². The van der Waals surface area contributed by atoms with E-state index in [1.807, 2.05) is 18.2 Å². The van der Waals surface area contributed by atoms with E-state index < -0.39 is 6.04 Å². The zero-order valence-electron chi connectivity index (χ0n) is 19.6. The van der Waals surface area contributed by atoms with Gasteiger partial charge in [0, 0.05) is 43.5 Å². The minimum absolute atomic E-state index is 0.0693. The summed E-state index contributed by atoms with van der Waals surface area (Å²) in [5, 5.41) is 2.79. The molecule has 1 N–H and O–H groups in total. The van der Waals surface area contributed by atoms with Crippen molar-refractivity contribution in [1.82, 2.24) is 15.1 Å². The van der Waals surface area contributed by atoms with Crippen LogP contribution in [0.25, 0.3) is 0 Å². The number of rotatable bonds is 6. The van der Waals surface area contributed by atoms with Crippen LogP contribution in [0, 0.1) is 0 Å². The van der Waals surface area contributed by atoms with E-state index in [-0.39, 0.29) is 17.9 Å². The molecule has 2 amide bonds. The molecule has 0 radical (unpaired) electrons. The number of amides is 2. The van der Waals surface area contributed by atoms with Gasteiger partial charge in [0.05, 0.1) is 6.10 Å². The zero-order valence-corrected chi connectivity index (χ0v) is 19.6. The molecule has 7 nitrogen and oxygen atoms in total. The van der Waals surface area contributed by atoms with Gasteiger partial charge in [0.15, 0.2) is 0 Å². The van der Waals surface area contributed by atoms with Gasteiger partial charge in [0.1, 0.15) is 17.9 Å². The Morgan fingerprint density at radius 1 is 1.12 bits per heavy atom. The molecule has 1 aromatic carbocycles. The summed E-state index contributed by atoms with van der Waals surface area (Å²) in [6, 6.07) is 5.80. The Labute approximate surface area is 196 Å². The highest BCUT2D eigenvalue weighted by molar-refractivity contribution is 6.01. The van der Waals surface area contributed by atoms with Gasteiger partial charge < -0.3 is 19.7 Å². The third kappa shape index (κ3) is 4.53. The summed E-state index contributed by atoms with van der Waals surface area (Å²) in [6.45, 7) is 9.28. The average molecular weight is 454 g/mol. The Bertz CT molecular complexity index is 924. The molecular formula is C26H35N3O4. The van der Waals surface area contributed by atoms with E-state index in [0.717, 1.165) is 56.0 Å². The Hall–Kier alpha value is -2.38. The lowest BCUT2D eigenvalue weighted by Gasteiger charge is -2.38. The summed E-state index contributed by atoms with van der Waals surface area (Å²) in [4.78, 5) is 29.7. The predicted octanol–water partition coefficient (Wildman–Crippen LogP) is 3.24. The number of fused-ring (bicyclic) bond motifs is 1. The second-order valence-corrected chi connectivity index (χ2v) is 9.74. The monoisotopic (exact) mass is 453 g/mol. The van der Waals surface area contributed by atoms with Crippen LogP contribution in [0.4, 0.5) is 0 Å². The first kappa shape index (κ1) is 22.4. The summed E-state index contributed by atoms with van der Waals surface area (Å²) < 4.78 is 12.3. The van der Waals surface area contributed by atoms with Gasteiger partial charge in [0.25, 0.3) is 5.91 Å². The van der Waals surface area contributed by atoms with E-state index in [4.69, 9.17) is 9.47 Å². The SMILES string of the molecule is C=C1CCC(N2Cc3cc(O[C@H]4CCC[C@@H]4N4CCC(OCC)CC4)ccc3C2=O)C(=O)N1. The molecule has 0 spiro atoms. The van der Waals surface area contributed by atoms with E-state index in [1.165, 1.54) is 12.8 Å². The average Bonchev–Trinajstić information content (AvgIpc) is 3.39. The van der Waals surface area contributed by atoms with E-state index in [0.29, 0.717) is 37.1 Å². The van der Waals surface area contributed by atoms with Crippen LogP contribution in [-0.4, -0.2) is 65.6 Å². The summed E-state index contributed by atoms with van der Waals surface area (Å²) >= 11 is 0. The lowest BCUT2D eigenvalue weighted by Crippen LogP contribution is -2.49. The van der Waals surface area contributed by atoms with E-state index >= 15 is 0 Å². The normalized spacial score (nSPS) is 28.8. The highest BCUT2D eigenvalue weighted by atomic mass is 16.5. The van der Waals surface area contributed by atoms with Crippen LogP contribution < -0.4 is 10.1 Å². The fourth-order valence-corrected chi connectivity index (χ4v) is 5.95. The van der Waals surface area contributed by atoms with Crippen molar-refractivity contribution < 1.29 is 19.1 Å². The Balaban J connectivity index is 1.23. The Kier molecular flexibility index (Phi) is 6.43. The summed E-state index contributed by atoms with van der Waals surface area (Å²) in [5.41, 5.74) is 2.35. The first-order valence-corrected chi connectivity index (χ1v) is 12.5. The number of nitrogens with one attached hydrogen (secondary N) is 1. The van der Waals surface area contributed by atoms with Gasteiger partial charge in [-0.15, -0.1) is 0 Å². The molecule has 5 rings (SSSR count). The molecule has 0 bridgehead atoms. The van der Waals surface area contributed by atoms with E-state index in [2.05, 4.69) is 23.7 Å². The van der Waals surface area contributed by atoms with Crippen molar-refractivity contribution in [1.29, 1.82) is 0 Å². The number of piperidine rings is 2. The molecule has 0 aromatic heterocycles. The van der Waals surface area contributed by atoms with Crippen LogP contribution in [0.3, 0.4) is 0 Å². The number of carbonyl (C=O) groups excluding carboxylic acids is 2. The quantitative estimate of drug-likeness (QED) is 0.716. The third-order valence-electron chi connectivity index (χ3n) is 7.66. The molecule has 1 unspecified atom stereocenters. The van der Waals surface area contributed by atoms with Crippen molar-refractivity contribution in [2.24, 2.45) is 0 Å². The van der Waals surface area contributed by atoms with Gasteiger partial charge in [-0.05, 0) is 75.6 Å². The molecular weight excluding hydrogens is 418 g/mol. The van der Waals surface area contributed by atoms with E-state index in [1.54, 1.807) is 4.90 Å². The van der Waals surface area contributed by atoms with Crippen molar-refractivity contribution in [2.45, 2.75) is 82.7 Å². The molecule has 33 heavy (non-hydrogen) atoms. The Morgan fingerprint density at radius 2 is 1.94 bits per heavy atom. The fraction of sp³-hybridized carbons (Fsp3) is 0.615. The van der Waals surface area contributed by atoms with Crippen LogP contribution in [0.1, 0.15) is 67.8 Å². The molecule has 2 saturated heterocycles. The first-order valence-electron chi connectivity index (χ1n) is 12.5. The minimum atomic E-state index is -0.432. The number of hydrogen-bond acceptors (Lipinski definition) is 5. The highest BCUT2D eigenvalue weighted by Crippen LogP contribution is 2.34. The predicted molar refractivity (Wildman–Crippen MR) is 125 cm³/mol. The number of carbonyl (C=O) groups is 2. The van der Waals surface area contributed by atoms with Gasteiger partial charge in [-0.2, -0.15) is 0 Å². The van der Waals surface area contributed by atoms with E-state index in [9.17, 15) is 9.59 Å². The largest absolute Gasteiger partial charge is 0.489 e. The number of hydrogen-bond donors (Lipinski definition) is 1. The van der Waals surface area contributed by atoms with Gasteiger partial charge in [-0.3, -0.25) is 14.5 Å². The second-order valence-electron chi connectivity index (χ2n) is 9.74. The summed E-state index contributed by atoms with van der Waals surface area (Å²) in [7, 11) is 0.